The van der Waals surface area contributed by atoms with Gasteiger partial charge in [0.1, 0.15) is 0 Å². The van der Waals surface area contributed by atoms with Crippen molar-refractivity contribution in [1.29, 1.82) is 0 Å². The zero-order chi connectivity index (χ0) is 15.5. The van der Waals surface area contributed by atoms with Gasteiger partial charge in [-0.25, -0.2) is 18.7 Å². The van der Waals surface area contributed by atoms with Crippen LogP contribution in [-0.4, -0.2) is 34.7 Å². The van der Waals surface area contributed by atoms with Crippen LogP contribution >= 0.6 is 0 Å². The highest BCUT2D eigenvalue weighted by Gasteiger charge is 2.25. The first kappa shape index (κ1) is 14.9. The molecule has 1 aromatic carbocycles. The summed E-state index contributed by atoms with van der Waals surface area (Å²) in [7, 11) is 0. The van der Waals surface area contributed by atoms with Gasteiger partial charge >= 0.3 is 5.76 Å². The first-order valence-corrected chi connectivity index (χ1v) is 7.33. The molecule has 1 atom stereocenters. The number of rotatable bonds is 4. The highest BCUT2D eigenvalue weighted by molar-refractivity contribution is 5.18. The number of nitrogens with one attached hydrogen (secondary N) is 1. The van der Waals surface area contributed by atoms with E-state index in [1.165, 1.54) is 6.07 Å². The summed E-state index contributed by atoms with van der Waals surface area (Å²) in [6, 6.07) is 4.00. The van der Waals surface area contributed by atoms with Crippen LogP contribution in [0.25, 0.3) is 0 Å². The Morgan fingerprint density at radius 1 is 1.36 bits per heavy atom. The highest BCUT2D eigenvalue weighted by atomic mass is 19.2. The minimum absolute atomic E-state index is 0.0950. The highest BCUT2D eigenvalue weighted by Crippen LogP contribution is 2.24. The number of hydrogen-bond acceptors (Lipinski definition) is 4. The SMILES string of the molecule is O=c1[nH]nc(C2CCCN(CCc3ccc(F)c(F)c3)C2)o1. The van der Waals surface area contributed by atoms with Gasteiger partial charge in [-0.1, -0.05) is 6.07 Å². The smallest absolute Gasteiger partial charge is 0.392 e. The van der Waals surface area contributed by atoms with Crippen molar-refractivity contribution in [3.8, 4) is 0 Å². The maximum Gasteiger partial charge on any atom is 0.434 e. The van der Waals surface area contributed by atoms with Gasteiger partial charge in [0.15, 0.2) is 11.6 Å². The van der Waals surface area contributed by atoms with Crippen molar-refractivity contribution in [3.05, 3.63) is 51.8 Å². The van der Waals surface area contributed by atoms with Crippen LogP contribution < -0.4 is 5.76 Å². The van der Waals surface area contributed by atoms with Crippen LogP contribution in [0.4, 0.5) is 8.78 Å². The molecule has 0 radical (unpaired) electrons. The Kier molecular flexibility index (Phi) is 4.33. The number of aromatic nitrogens is 2. The standard InChI is InChI=1S/C15H17F2N3O2/c16-12-4-3-10(8-13(12)17)5-7-20-6-1-2-11(9-20)14-18-19-15(21)22-14/h3-4,8,11H,1-2,5-7,9H2,(H,19,21). The van der Waals surface area contributed by atoms with Crippen molar-refractivity contribution in [2.75, 3.05) is 19.6 Å². The first-order valence-electron chi connectivity index (χ1n) is 7.33. The molecule has 0 bridgehead atoms. The number of benzene rings is 1. The number of nitrogens with zero attached hydrogens (tertiary/aromatic N) is 2. The van der Waals surface area contributed by atoms with Crippen molar-refractivity contribution >= 4 is 0 Å². The summed E-state index contributed by atoms with van der Waals surface area (Å²) < 4.78 is 31.1. The zero-order valence-electron chi connectivity index (χ0n) is 12.0. The second kappa shape index (κ2) is 6.39. The molecule has 7 heteroatoms. The Balaban J connectivity index is 1.58. The number of H-pyrrole nitrogens is 1. The molecule has 1 aliphatic heterocycles. The molecule has 118 valence electrons. The minimum Gasteiger partial charge on any atom is -0.392 e. The molecule has 0 spiro atoms. The van der Waals surface area contributed by atoms with E-state index in [0.29, 0.717) is 12.3 Å². The Hall–Kier alpha value is -2.02. The molecule has 1 saturated heterocycles. The molecule has 5 nitrogen and oxygen atoms in total. The Labute approximate surface area is 125 Å². The summed E-state index contributed by atoms with van der Waals surface area (Å²) in [5, 5.41) is 6.17. The summed E-state index contributed by atoms with van der Waals surface area (Å²) in [6.45, 7) is 2.43. The van der Waals surface area contributed by atoms with Gasteiger partial charge in [-0.3, -0.25) is 0 Å². The van der Waals surface area contributed by atoms with E-state index in [0.717, 1.165) is 44.1 Å². The molecule has 1 aromatic heterocycles. The van der Waals surface area contributed by atoms with Gasteiger partial charge in [-0.15, -0.1) is 5.10 Å². The lowest BCUT2D eigenvalue weighted by Gasteiger charge is -2.30. The number of aromatic amines is 1. The van der Waals surface area contributed by atoms with Crippen molar-refractivity contribution in [1.82, 2.24) is 15.1 Å². The van der Waals surface area contributed by atoms with Crippen LogP contribution in [0.15, 0.2) is 27.4 Å². The minimum atomic E-state index is -0.824. The Morgan fingerprint density at radius 3 is 2.95 bits per heavy atom. The number of likely N-dealkylation sites (tertiary alicyclic amines) is 1. The van der Waals surface area contributed by atoms with Gasteiger partial charge in [0.05, 0.1) is 5.92 Å². The maximum absolute atomic E-state index is 13.2. The van der Waals surface area contributed by atoms with Gasteiger partial charge in [0.25, 0.3) is 0 Å². The topological polar surface area (TPSA) is 62.1 Å². The van der Waals surface area contributed by atoms with Gasteiger partial charge in [0, 0.05) is 13.1 Å². The third kappa shape index (κ3) is 3.41. The Bertz CT molecular complexity index is 698. The molecule has 1 fully saturated rings. The molecule has 0 saturated carbocycles. The van der Waals surface area contributed by atoms with Crippen LogP contribution in [0.2, 0.25) is 0 Å². The van der Waals surface area contributed by atoms with Crippen LogP contribution in [0.1, 0.15) is 30.2 Å². The van der Waals surface area contributed by atoms with Crippen molar-refractivity contribution in [2.45, 2.75) is 25.2 Å². The predicted octanol–water partition coefficient (Wildman–Crippen LogP) is 2.06. The van der Waals surface area contributed by atoms with Crippen molar-refractivity contribution < 1.29 is 13.2 Å². The third-order valence-electron chi connectivity index (χ3n) is 4.01. The van der Waals surface area contributed by atoms with Crippen LogP contribution in [0.5, 0.6) is 0 Å². The molecule has 0 aliphatic carbocycles. The number of hydrogen-bond donors (Lipinski definition) is 1. The average Bonchev–Trinajstić information content (AvgIpc) is 2.95. The largest absolute Gasteiger partial charge is 0.434 e. The van der Waals surface area contributed by atoms with Crippen molar-refractivity contribution in [2.24, 2.45) is 0 Å². The van der Waals surface area contributed by atoms with Crippen molar-refractivity contribution in [3.63, 3.8) is 0 Å². The first-order chi connectivity index (χ1) is 10.6. The fourth-order valence-corrected chi connectivity index (χ4v) is 2.86. The van der Waals surface area contributed by atoms with E-state index in [4.69, 9.17) is 4.42 Å². The van der Waals surface area contributed by atoms with Crippen LogP contribution in [-0.2, 0) is 6.42 Å². The zero-order valence-corrected chi connectivity index (χ0v) is 12.0. The molecule has 22 heavy (non-hydrogen) atoms. The summed E-state index contributed by atoms with van der Waals surface area (Å²) in [6.07, 6.45) is 2.56. The summed E-state index contributed by atoms with van der Waals surface area (Å²) in [4.78, 5) is 13.2. The van der Waals surface area contributed by atoms with Gasteiger partial charge in [-0.05, 0) is 43.5 Å². The quantitative estimate of drug-likeness (QED) is 0.939. The average molecular weight is 309 g/mol. The van der Waals surface area contributed by atoms with E-state index >= 15 is 0 Å². The van der Waals surface area contributed by atoms with Crippen LogP contribution in [0.3, 0.4) is 0 Å². The lowest BCUT2D eigenvalue weighted by molar-refractivity contribution is 0.194. The molecule has 1 N–H and O–H groups in total. The fraction of sp³-hybridized carbons (Fsp3) is 0.467. The maximum atomic E-state index is 13.2. The fourth-order valence-electron chi connectivity index (χ4n) is 2.86. The molecule has 2 aromatic rings. The van der Waals surface area contributed by atoms with Gasteiger partial charge < -0.3 is 9.32 Å². The second-order valence-corrected chi connectivity index (χ2v) is 5.59. The normalized spacial score (nSPS) is 19.5. The van der Waals surface area contributed by atoms with E-state index in [1.54, 1.807) is 6.07 Å². The van der Waals surface area contributed by atoms with Gasteiger partial charge in [0.2, 0.25) is 5.89 Å². The molecule has 1 aliphatic rings. The Morgan fingerprint density at radius 2 is 2.23 bits per heavy atom. The lowest BCUT2D eigenvalue weighted by Crippen LogP contribution is -2.36. The molecule has 2 heterocycles. The lowest BCUT2D eigenvalue weighted by atomic mass is 9.97. The van der Waals surface area contributed by atoms with Crippen LogP contribution in [0, 0.1) is 11.6 Å². The van der Waals surface area contributed by atoms with Gasteiger partial charge in [-0.2, -0.15) is 0 Å². The summed E-state index contributed by atoms with van der Waals surface area (Å²) in [5.74, 6) is -1.63. The number of halogens is 2. The predicted molar refractivity (Wildman–Crippen MR) is 75.6 cm³/mol. The summed E-state index contributed by atoms with van der Waals surface area (Å²) in [5.41, 5.74) is 0.771. The molecular formula is C15H17F2N3O2. The molecule has 1 unspecified atom stereocenters. The van der Waals surface area contributed by atoms with E-state index in [-0.39, 0.29) is 5.92 Å². The molecule has 3 rings (SSSR count). The molecular weight excluding hydrogens is 292 g/mol. The van der Waals surface area contributed by atoms with E-state index in [2.05, 4.69) is 15.1 Å². The van der Waals surface area contributed by atoms with E-state index < -0.39 is 17.4 Å². The van der Waals surface area contributed by atoms with E-state index in [9.17, 15) is 13.6 Å². The third-order valence-corrected chi connectivity index (χ3v) is 4.01. The monoisotopic (exact) mass is 309 g/mol. The molecule has 0 amide bonds. The number of piperidine rings is 1. The van der Waals surface area contributed by atoms with E-state index in [1.807, 2.05) is 0 Å². The summed E-state index contributed by atoms with van der Waals surface area (Å²) >= 11 is 0. The second-order valence-electron chi connectivity index (χ2n) is 5.59.